The van der Waals surface area contributed by atoms with E-state index in [9.17, 15) is 0 Å². The van der Waals surface area contributed by atoms with E-state index in [0.717, 1.165) is 34.1 Å². The van der Waals surface area contributed by atoms with Crippen LogP contribution in [0.25, 0.3) is 11.3 Å². The highest BCUT2D eigenvalue weighted by Crippen LogP contribution is 2.30. The Balaban J connectivity index is 1.85. The average molecular weight is 289 g/mol. The van der Waals surface area contributed by atoms with Crippen molar-refractivity contribution in [3.05, 3.63) is 47.1 Å². The molecule has 104 valence electrons. The van der Waals surface area contributed by atoms with Crippen LogP contribution in [0.4, 0.5) is 0 Å². The van der Waals surface area contributed by atoms with Crippen molar-refractivity contribution >= 4 is 11.6 Å². The lowest BCUT2D eigenvalue weighted by molar-refractivity contribution is 0.415. The fourth-order valence-electron chi connectivity index (χ4n) is 2.15. The molecule has 2 aromatic rings. The van der Waals surface area contributed by atoms with Crippen molar-refractivity contribution in [3.8, 4) is 17.0 Å². The smallest absolute Gasteiger partial charge is 0.145 e. The number of ether oxygens (including phenoxy) is 1. The Bertz CT molecular complexity index is 611. The molecule has 4 heteroatoms. The van der Waals surface area contributed by atoms with Crippen molar-refractivity contribution in [3.63, 3.8) is 0 Å². The van der Waals surface area contributed by atoms with Gasteiger partial charge in [-0.3, -0.25) is 4.98 Å². The Hall–Kier alpha value is -1.58. The van der Waals surface area contributed by atoms with Gasteiger partial charge < -0.3 is 10.1 Å². The van der Waals surface area contributed by atoms with Gasteiger partial charge in [-0.15, -0.1) is 0 Å². The van der Waals surface area contributed by atoms with E-state index < -0.39 is 0 Å². The molecule has 1 aliphatic rings. The minimum Gasteiger partial charge on any atom is -0.494 e. The summed E-state index contributed by atoms with van der Waals surface area (Å²) in [5.74, 6) is 0.757. The second-order valence-corrected chi connectivity index (χ2v) is 5.42. The Morgan fingerprint density at radius 1 is 1.35 bits per heavy atom. The average Bonchev–Trinajstić information content (AvgIpc) is 3.30. The Kier molecular flexibility index (Phi) is 3.90. The van der Waals surface area contributed by atoms with Crippen molar-refractivity contribution < 1.29 is 4.74 Å². The molecule has 0 amide bonds. The number of hydrogen-bond donors (Lipinski definition) is 1. The highest BCUT2D eigenvalue weighted by molar-refractivity contribution is 6.31. The van der Waals surface area contributed by atoms with E-state index in [1.54, 1.807) is 13.3 Å². The fourth-order valence-corrected chi connectivity index (χ4v) is 2.40. The van der Waals surface area contributed by atoms with E-state index in [4.69, 9.17) is 16.3 Å². The molecular weight excluding hydrogens is 272 g/mol. The summed E-state index contributed by atoms with van der Waals surface area (Å²) in [4.78, 5) is 4.38. The molecule has 1 aromatic heterocycles. The number of halogens is 1. The van der Waals surface area contributed by atoms with Gasteiger partial charge in [-0.25, -0.2) is 0 Å². The van der Waals surface area contributed by atoms with Crippen molar-refractivity contribution in [1.82, 2.24) is 10.3 Å². The van der Waals surface area contributed by atoms with E-state index in [1.165, 1.54) is 12.8 Å². The molecule has 1 saturated carbocycles. The summed E-state index contributed by atoms with van der Waals surface area (Å²) in [6.45, 7) is 0.823. The van der Waals surface area contributed by atoms with E-state index in [0.29, 0.717) is 6.04 Å². The molecule has 3 rings (SSSR count). The molecule has 0 radical (unpaired) electrons. The van der Waals surface area contributed by atoms with Crippen LogP contribution in [0.15, 0.2) is 36.5 Å². The molecule has 1 N–H and O–H groups in total. The predicted octanol–water partition coefficient (Wildman–Crippen LogP) is 3.66. The Morgan fingerprint density at radius 3 is 2.90 bits per heavy atom. The van der Waals surface area contributed by atoms with Gasteiger partial charge in [0.1, 0.15) is 11.4 Å². The zero-order valence-electron chi connectivity index (χ0n) is 11.4. The second-order valence-electron chi connectivity index (χ2n) is 5.02. The zero-order valence-corrected chi connectivity index (χ0v) is 12.2. The molecule has 0 saturated heterocycles. The molecular formula is C16H17ClN2O. The summed E-state index contributed by atoms with van der Waals surface area (Å²) >= 11 is 6.37. The van der Waals surface area contributed by atoms with Crippen LogP contribution >= 0.6 is 11.6 Å². The van der Waals surface area contributed by atoms with Crippen molar-refractivity contribution in [2.24, 2.45) is 0 Å². The SMILES string of the molecule is COc1cccnc1-c1ccc(CNC2CC2)c(Cl)c1. The van der Waals surface area contributed by atoms with Crippen LogP contribution in [0.2, 0.25) is 5.02 Å². The first-order chi connectivity index (χ1) is 9.78. The van der Waals surface area contributed by atoms with Crippen LogP contribution in [-0.4, -0.2) is 18.1 Å². The highest BCUT2D eigenvalue weighted by atomic mass is 35.5. The first kappa shape index (κ1) is 13.4. The second kappa shape index (κ2) is 5.81. The number of hydrogen-bond acceptors (Lipinski definition) is 3. The number of pyridine rings is 1. The summed E-state index contributed by atoms with van der Waals surface area (Å²) < 4.78 is 5.34. The van der Waals surface area contributed by atoms with Gasteiger partial charge in [-0.2, -0.15) is 0 Å². The number of benzene rings is 1. The molecule has 0 aliphatic heterocycles. The lowest BCUT2D eigenvalue weighted by Gasteiger charge is -2.10. The number of nitrogens with one attached hydrogen (secondary N) is 1. The van der Waals surface area contributed by atoms with Gasteiger partial charge in [0.05, 0.1) is 7.11 Å². The molecule has 1 heterocycles. The topological polar surface area (TPSA) is 34.1 Å². The maximum atomic E-state index is 6.37. The lowest BCUT2D eigenvalue weighted by atomic mass is 10.1. The molecule has 3 nitrogen and oxygen atoms in total. The molecule has 1 aliphatic carbocycles. The number of nitrogens with zero attached hydrogens (tertiary/aromatic N) is 1. The maximum absolute atomic E-state index is 6.37. The minimum atomic E-state index is 0.682. The van der Waals surface area contributed by atoms with Gasteiger partial charge in [0.2, 0.25) is 0 Å². The lowest BCUT2D eigenvalue weighted by Crippen LogP contribution is -2.15. The molecule has 1 aromatic carbocycles. The van der Waals surface area contributed by atoms with E-state index >= 15 is 0 Å². The maximum Gasteiger partial charge on any atom is 0.145 e. The third kappa shape index (κ3) is 2.94. The molecule has 0 atom stereocenters. The van der Waals surface area contributed by atoms with Crippen LogP contribution in [0.1, 0.15) is 18.4 Å². The third-order valence-electron chi connectivity index (χ3n) is 3.48. The van der Waals surface area contributed by atoms with Crippen LogP contribution < -0.4 is 10.1 Å². The monoisotopic (exact) mass is 288 g/mol. The van der Waals surface area contributed by atoms with Gasteiger partial charge in [0.25, 0.3) is 0 Å². The molecule has 1 fully saturated rings. The fraction of sp³-hybridized carbons (Fsp3) is 0.312. The third-order valence-corrected chi connectivity index (χ3v) is 3.83. The van der Waals surface area contributed by atoms with E-state index in [2.05, 4.69) is 16.4 Å². The molecule has 0 unspecified atom stereocenters. The van der Waals surface area contributed by atoms with Crippen LogP contribution in [-0.2, 0) is 6.54 Å². The summed E-state index contributed by atoms with van der Waals surface area (Å²) in [7, 11) is 1.65. The van der Waals surface area contributed by atoms with Crippen molar-refractivity contribution in [2.45, 2.75) is 25.4 Å². The van der Waals surface area contributed by atoms with Gasteiger partial charge in [0.15, 0.2) is 0 Å². The first-order valence-electron chi connectivity index (χ1n) is 6.79. The largest absolute Gasteiger partial charge is 0.494 e. The first-order valence-corrected chi connectivity index (χ1v) is 7.17. The highest BCUT2D eigenvalue weighted by Gasteiger charge is 2.20. The van der Waals surface area contributed by atoms with E-state index in [1.807, 2.05) is 24.3 Å². The van der Waals surface area contributed by atoms with Gasteiger partial charge in [-0.1, -0.05) is 23.7 Å². The Morgan fingerprint density at radius 2 is 2.20 bits per heavy atom. The number of rotatable bonds is 5. The van der Waals surface area contributed by atoms with Gasteiger partial charge >= 0.3 is 0 Å². The van der Waals surface area contributed by atoms with Crippen molar-refractivity contribution in [1.29, 1.82) is 0 Å². The van der Waals surface area contributed by atoms with E-state index in [-0.39, 0.29) is 0 Å². The normalized spacial score (nSPS) is 14.3. The standard InChI is InChI=1S/C16H17ClN2O/c1-20-15-3-2-8-18-16(15)11-4-5-12(14(17)9-11)10-19-13-6-7-13/h2-5,8-9,13,19H,6-7,10H2,1H3. The number of aromatic nitrogens is 1. The Labute approximate surface area is 123 Å². The summed E-state index contributed by atoms with van der Waals surface area (Å²) in [5.41, 5.74) is 2.92. The number of methoxy groups -OCH3 is 1. The minimum absolute atomic E-state index is 0.682. The van der Waals surface area contributed by atoms with Crippen molar-refractivity contribution in [2.75, 3.05) is 7.11 Å². The molecule has 0 spiro atoms. The van der Waals surface area contributed by atoms with Gasteiger partial charge in [-0.05, 0) is 36.6 Å². The molecule has 0 bridgehead atoms. The summed E-state index contributed by atoms with van der Waals surface area (Å²) in [6, 6.07) is 10.5. The zero-order chi connectivity index (χ0) is 13.9. The quantitative estimate of drug-likeness (QED) is 0.912. The summed E-state index contributed by atoms with van der Waals surface area (Å²) in [6.07, 6.45) is 4.32. The van der Waals surface area contributed by atoms with Crippen LogP contribution in [0.3, 0.4) is 0 Å². The van der Waals surface area contributed by atoms with Gasteiger partial charge in [0, 0.05) is 29.4 Å². The predicted molar refractivity (Wildman–Crippen MR) is 81.1 cm³/mol. The van der Waals surface area contributed by atoms with Crippen LogP contribution in [0.5, 0.6) is 5.75 Å². The van der Waals surface area contributed by atoms with Crippen LogP contribution in [0, 0.1) is 0 Å². The summed E-state index contributed by atoms with van der Waals surface area (Å²) in [5, 5.41) is 4.24. The molecule has 20 heavy (non-hydrogen) atoms.